The molecule has 0 aliphatic carbocycles. The quantitative estimate of drug-likeness (QED) is 0.102. The first-order valence-corrected chi connectivity index (χ1v) is 14.6. The number of amides is 2. The smallest absolute Gasteiger partial charge is 0.230 e. The van der Waals surface area contributed by atoms with Gasteiger partial charge in [0.2, 0.25) is 16.9 Å². The number of aromatic nitrogens is 2. The third-order valence-electron chi connectivity index (χ3n) is 5.81. The van der Waals surface area contributed by atoms with Crippen LogP contribution in [0.5, 0.6) is 0 Å². The summed E-state index contributed by atoms with van der Waals surface area (Å²) in [5.74, 6) is -0.0299. The van der Waals surface area contributed by atoms with Crippen LogP contribution in [-0.4, -0.2) is 41.9 Å². The summed E-state index contributed by atoms with van der Waals surface area (Å²) in [6.07, 6.45) is 8.74. The summed E-state index contributed by atoms with van der Waals surface area (Å²) in [7, 11) is 1.92. The van der Waals surface area contributed by atoms with Gasteiger partial charge in [0, 0.05) is 12.1 Å². The fraction of sp³-hybridized carbons (Fsp3) is 0.323. The lowest BCUT2D eigenvalue weighted by Gasteiger charge is -2.05. The molecule has 0 atom stereocenters. The van der Waals surface area contributed by atoms with Crippen molar-refractivity contribution in [3.05, 3.63) is 100.0 Å². The molecule has 0 fully saturated rings. The van der Waals surface area contributed by atoms with Crippen molar-refractivity contribution < 1.29 is 14.4 Å². The Morgan fingerprint density at radius 2 is 1.57 bits per heavy atom. The van der Waals surface area contributed by atoms with Gasteiger partial charge in [-0.25, -0.2) is 0 Å². The number of carbonyl (C=O) groups is 3. The lowest BCUT2D eigenvalue weighted by Crippen LogP contribution is -2.28. The number of carbonyl (C=O) groups excluding carboxylic acids is 3. The van der Waals surface area contributed by atoms with Crippen molar-refractivity contribution >= 4 is 34.6 Å². The molecule has 3 aromatic rings. The number of nitrogens with one attached hydrogen (secondary N) is 3. The molecular formula is C31H41N7O3S. The van der Waals surface area contributed by atoms with E-state index >= 15 is 0 Å². The van der Waals surface area contributed by atoms with Gasteiger partial charge >= 0.3 is 0 Å². The molecule has 11 heteroatoms. The fourth-order valence-electron chi connectivity index (χ4n) is 3.83. The SMILES string of the molecule is CC=O.CNCCc1cccc(CC(=O)Nc2nnc(CCCC/C(N)=C/C=C(\N)NC(=O)Cc3ccccc3)s2)c1. The minimum atomic E-state index is -0.177. The van der Waals surface area contributed by atoms with Crippen LogP contribution in [-0.2, 0) is 40.1 Å². The molecule has 42 heavy (non-hydrogen) atoms. The standard InChI is InChI=1S/C29H37N7O2S.C2H4O/c1-32-17-16-22-10-7-11-23(18-22)20-27(38)34-29-36-35-28(39-29)13-6-5-12-24(30)14-15-25(31)33-26(37)19-21-8-3-2-4-9-21;1-2-3/h2-4,7-11,14-15,18,32H,5-6,12-13,16-17,19-20,30-31H2,1H3,(H,33,37)(H,34,36,38);2H,1H3/b24-14-,25-15+;. The van der Waals surface area contributed by atoms with Gasteiger partial charge < -0.3 is 32.2 Å². The first kappa shape index (κ1) is 33.9. The van der Waals surface area contributed by atoms with Crippen LogP contribution in [0.25, 0.3) is 0 Å². The van der Waals surface area contributed by atoms with Gasteiger partial charge in [0.1, 0.15) is 17.1 Å². The minimum absolute atomic E-state index is 0.107. The maximum atomic E-state index is 12.5. The molecule has 224 valence electrons. The van der Waals surface area contributed by atoms with Crippen molar-refractivity contribution in [1.82, 2.24) is 20.8 Å². The highest BCUT2D eigenvalue weighted by Gasteiger charge is 2.10. The average molecular weight is 592 g/mol. The summed E-state index contributed by atoms with van der Waals surface area (Å²) in [5, 5.41) is 18.3. The monoisotopic (exact) mass is 591 g/mol. The number of allylic oxidation sites excluding steroid dienone is 3. The zero-order valence-electron chi connectivity index (χ0n) is 24.3. The van der Waals surface area contributed by atoms with Gasteiger partial charge in [0.15, 0.2) is 0 Å². The van der Waals surface area contributed by atoms with E-state index in [9.17, 15) is 9.59 Å². The molecule has 1 heterocycles. The Labute approximate surface area is 251 Å². The van der Waals surface area contributed by atoms with Crippen molar-refractivity contribution in [2.75, 3.05) is 18.9 Å². The zero-order chi connectivity index (χ0) is 30.6. The van der Waals surface area contributed by atoms with Crippen molar-refractivity contribution in [2.24, 2.45) is 11.5 Å². The second-order valence-electron chi connectivity index (χ2n) is 9.42. The third kappa shape index (κ3) is 14.3. The van der Waals surface area contributed by atoms with Gasteiger partial charge in [-0.2, -0.15) is 0 Å². The van der Waals surface area contributed by atoms with Crippen LogP contribution in [0.2, 0.25) is 0 Å². The second-order valence-corrected chi connectivity index (χ2v) is 10.5. The Balaban J connectivity index is 0.00000197. The molecule has 0 saturated carbocycles. The van der Waals surface area contributed by atoms with E-state index in [1.54, 1.807) is 12.2 Å². The van der Waals surface area contributed by atoms with Crippen molar-refractivity contribution in [1.29, 1.82) is 0 Å². The molecule has 0 radical (unpaired) electrons. The Bertz CT molecular complexity index is 1320. The number of rotatable bonds is 15. The number of nitrogens with zero attached hydrogens (tertiary/aromatic N) is 2. The highest BCUT2D eigenvalue weighted by atomic mass is 32.1. The fourth-order valence-corrected chi connectivity index (χ4v) is 4.63. The summed E-state index contributed by atoms with van der Waals surface area (Å²) in [6.45, 7) is 2.34. The maximum absolute atomic E-state index is 12.5. The van der Waals surface area contributed by atoms with E-state index in [4.69, 9.17) is 16.3 Å². The molecule has 2 aromatic carbocycles. The first-order chi connectivity index (χ1) is 20.3. The first-order valence-electron chi connectivity index (χ1n) is 13.8. The number of likely N-dealkylation sites (N-methyl/N-ethyl adjacent to an activating group) is 1. The van der Waals surface area contributed by atoms with Crippen LogP contribution in [0, 0.1) is 0 Å². The van der Waals surface area contributed by atoms with E-state index in [1.807, 2.05) is 49.5 Å². The number of aldehydes is 1. The normalized spacial score (nSPS) is 11.3. The Morgan fingerprint density at radius 1 is 0.881 bits per heavy atom. The van der Waals surface area contributed by atoms with Gasteiger partial charge in [-0.15, -0.1) is 10.2 Å². The van der Waals surface area contributed by atoms with Crippen molar-refractivity contribution in [3.8, 4) is 0 Å². The number of hydrogen-bond acceptors (Lipinski definition) is 9. The van der Waals surface area contributed by atoms with Gasteiger partial charge in [0.05, 0.1) is 12.8 Å². The van der Waals surface area contributed by atoms with E-state index < -0.39 is 0 Å². The van der Waals surface area contributed by atoms with E-state index in [1.165, 1.54) is 23.8 Å². The lowest BCUT2D eigenvalue weighted by molar-refractivity contribution is -0.119. The average Bonchev–Trinajstić information content (AvgIpc) is 3.41. The summed E-state index contributed by atoms with van der Waals surface area (Å²) in [6, 6.07) is 17.5. The Hall–Kier alpha value is -4.35. The van der Waals surface area contributed by atoms with Crippen molar-refractivity contribution in [2.45, 2.75) is 51.9 Å². The second kappa shape index (κ2) is 19.7. The number of aryl methyl sites for hydroxylation is 1. The van der Waals surface area contributed by atoms with Gasteiger partial charge in [-0.05, 0) is 75.0 Å². The van der Waals surface area contributed by atoms with E-state index in [0.717, 1.165) is 54.6 Å². The molecule has 0 saturated heterocycles. The molecular weight excluding hydrogens is 550 g/mol. The van der Waals surface area contributed by atoms with Crippen LogP contribution in [0.15, 0.2) is 78.3 Å². The lowest BCUT2D eigenvalue weighted by atomic mass is 10.1. The molecule has 0 aliphatic rings. The molecule has 1 aromatic heterocycles. The van der Waals surface area contributed by atoms with E-state index in [-0.39, 0.29) is 24.1 Å². The zero-order valence-corrected chi connectivity index (χ0v) is 25.1. The minimum Gasteiger partial charge on any atom is -0.402 e. The summed E-state index contributed by atoms with van der Waals surface area (Å²) in [4.78, 5) is 33.3. The predicted octanol–water partition coefficient (Wildman–Crippen LogP) is 3.40. The van der Waals surface area contributed by atoms with Crippen LogP contribution < -0.4 is 27.4 Å². The number of nitrogens with two attached hydrogens (primary N) is 2. The Kier molecular flexibility index (Phi) is 15.9. The summed E-state index contributed by atoms with van der Waals surface area (Å²) in [5.41, 5.74) is 15.8. The van der Waals surface area contributed by atoms with Crippen LogP contribution >= 0.6 is 11.3 Å². The molecule has 0 bridgehead atoms. The summed E-state index contributed by atoms with van der Waals surface area (Å²) < 4.78 is 0. The largest absolute Gasteiger partial charge is 0.402 e. The number of benzene rings is 2. The predicted molar refractivity (Wildman–Crippen MR) is 168 cm³/mol. The molecule has 0 unspecified atom stereocenters. The van der Waals surface area contributed by atoms with Crippen LogP contribution in [0.4, 0.5) is 5.13 Å². The maximum Gasteiger partial charge on any atom is 0.230 e. The van der Waals surface area contributed by atoms with Gasteiger partial charge in [-0.3, -0.25) is 9.59 Å². The highest BCUT2D eigenvalue weighted by molar-refractivity contribution is 7.15. The van der Waals surface area contributed by atoms with E-state index in [0.29, 0.717) is 23.7 Å². The molecule has 3 rings (SSSR count). The topological polar surface area (TPSA) is 165 Å². The third-order valence-corrected chi connectivity index (χ3v) is 6.71. The Morgan fingerprint density at radius 3 is 2.31 bits per heavy atom. The van der Waals surface area contributed by atoms with Crippen LogP contribution in [0.3, 0.4) is 0 Å². The van der Waals surface area contributed by atoms with Gasteiger partial charge in [-0.1, -0.05) is 65.9 Å². The molecule has 10 nitrogen and oxygen atoms in total. The van der Waals surface area contributed by atoms with Gasteiger partial charge in [0.25, 0.3) is 0 Å². The van der Waals surface area contributed by atoms with Crippen LogP contribution in [0.1, 0.15) is 47.9 Å². The molecule has 0 aliphatic heterocycles. The van der Waals surface area contributed by atoms with E-state index in [2.05, 4.69) is 38.3 Å². The van der Waals surface area contributed by atoms with Crippen molar-refractivity contribution in [3.63, 3.8) is 0 Å². The molecule has 7 N–H and O–H groups in total. The number of hydrogen-bond donors (Lipinski definition) is 5. The molecule has 2 amide bonds. The number of anilines is 1. The number of unbranched alkanes of at least 4 members (excludes halogenated alkanes) is 1. The highest BCUT2D eigenvalue weighted by Crippen LogP contribution is 2.18. The summed E-state index contributed by atoms with van der Waals surface area (Å²) >= 11 is 1.39. The molecule has 0 spiro atoms.